The van der Waals surface area contributed by atoms with Gasteiger partial charge < -0.3 is 10.1 Å². The van der Waals surface area contributed by atoms with Gasteiger partial charge in [0.2, 0.25) is 0 Å². The quantitative estimate of drug-likeness (QED) is 0.810. The number of benzene rings is 1. The number of hydrogen-bond acceptors (Lipinski definition) is 3. The number of piperazine rings is 1. The minimum absolute atomic E-state index is 0. The minimum Gasteiger partial charge on any atom is -0.496 e. The van der Waals surface area contributed by atoms with Gasteiger partial charge in [0.25, 0.3) is 0 Å². The number of halogens is 2. The Hall–Kier alpha value is -0.480. The molecule has 0 unspecified atom stereocenters. The van der Waals surface area contributed by atoms with Crippen molar-refractivity contribution >= 4 is 24.8 Å². The highest BCUT2D eigenvalue weighted by Gasteiger charge is 2.24. The van der Waals surface area contributed by atoms with Crippen molar-refractivity contribution in [3.8, 4) is 5.75 Å². The van der Waals surface area contributed by atoms with Gasteiger partial charge in [0, 0.05) is 37.8 Å². The van der Waals surface area contributed by atoms with E-state index in [2.05, 4.69) is 49.2 Å². The SMILES string of the molecule is CCC[C@@H](c1cc(C(C)C)ccc1OC)N1CCNCC1.Cl.Cl. The zero-order valence-corrected chi connectivity index (χ0v) is 16.4. The van der Waals surface area contributed by atoms with E-state index in [9.17, 15) is 0 Å². The van der Waals surface area contributed by atoms with Gasteiger partial charge >= 0.3 is 0 Å². The Morgan fingerprint density at radius 1 is 1.17 bits per heavy atom. The lowest BCUT2D eigenvalue weighted by Gasteiger charge is -2.36. The Kier molecular flexibility index (Phi) is 10.9. The first-order valence-electron chi connectivity index (χ1n) is 8.30. The fourth-order valence-corrected chi connectivity index (χ4v) is 3.17. The third kappa shape index (κ3) is 5.82. The molecule has 1 aliphatic rings. The van der Waals surface area contributed by atoms with Crippen molar-refractivity contribution in [3.05, 3.63) is 29.3 Å². The summed E-state index contributed by atoms with van der Waals surface area (Å²) in [4.78, 5) is 2.61. The van der Waals surface area contributed by atoms with Crippen molar-refractivity contribution < 1.29 is 4.74 Å². The van der Waals surface area contributed by atoms with Gasteiger partial charge in [-0.05, 0) is 24.0 Å². The van der Waals surface area contributed by atoms with Gasteiger partial charge in [-0.3, -0.25) is 4.90 Å². The summed E-state index contributed by atoms with van der Waals surface area (Å²) in [6.07, 6.45) is 2.39. The van der Waals surface area contributed by atoms with E-state index >= 15 is 0 Å². The average Bonchev–Trinajstić information content (AvgIpc) is 2.52. The molecule has 1 atom stereocenters. The molecule has 1 saturated heterocycles. The highest BCUT2D eigenvalue weighted by atomic mass is 35.5. The van der Waals surface area contributed by atoms with Crippen molar-refractivity contribution in [1.82, 2.24) is 10.2 Å². The maximum absolute atomic E-state index is 5.66. The molecule has 23 heavy (non-hydrogen) atoms. The average molecular weight is 363 g/mol. The fraction of sp³-hybridized carbons (Fsp3) is 0.667. The topological polar surface area (TPSA) is 24.5 Å². The lowest BCUT2D eigenvalue weighted by Crippen LogP contribution is -2.45. The van der Waals surface area contributed by atoms with E-state index in [1.54, 1.807) is 7.11 Å². The summed E-state index contributed by atoms with van der Waals surface area (Å²) in [5, 5.41) is 3.45. The highest BCUT2D eigenvalue weighted by Crippen LogP contribution is 2.35. The first-order valence-corrected chi connectivity index (χ1v) is 8.30. The van der Waals surface area contributed by atoms with Gasteiger partial charge in [0.15, 0.2) is 0 Å². The van der Waals surface area contributed by atoms with Crippen LogP contribution in [0.1, 0.15) is 56.7 Å². The molecule has 0 aromatic heterocycles. The second-order valence-corrected chi connectivity index (χ2v) is 6.25. The first-order chi connectivity index (χ1) is 10.2. The molecule has 0 bridgehead atoms. The van der Waals surface area contributed by atoms with Crippen molar-refractivity contribution in [2.45, 2.75) is 45.6 Å². The number of hydrogen-bond donors (Lipinski definition) is 1. The van der Waals surface area contributed by atoms with Crippen LogP contribution in [0.4, 0.5) is 0 Å². The predicted octanol–water partition coefficient (Wildman–Crippen LogP) is 4.41. The lowest BCUT2D eigenvalue weighted by molar-refractivity contribution is 0.162. The summed E-state index contributed by atoms with van der Waals surface area (Å²) in [7, 11) is 1.79. The Morgan fingerprint density at radius 3 is 2.35 bits per heavy atom. The molecule has 0 aliphatic carbocycles. The largest absolute Gasteiger partial charge is 0.496 e. The fourth-order valence-electron chi connectivity index (χ4n) is 3.17. The molecule has 0 amide bonds. The second kappa shape index (κ2) is 11.1. The lowest BCUT2D eigenvalue weighted by atomic mass is 9.93. The molecule has 2 rings (SSSR count). The third-order valence-corrected chi connectivity index (χ3v) is 4.43. The van der Waals surface area contributed by atoms with Gasteiger partial charge in [0.05, 0.1) is 7.11 Å². The van der Waals surface area contributed by atoms with Gasteiger partial charge in [-0.25, -0.2) is 0 Å². The number of nitrogens with one attached hydrogen (secondary N) is 1. The molecule has 1 aromatic rings. The molecule has 1 fully saturated rings. The standard InChI is InChI=1S/C18H30N2O.2ClH/c1-5-6-17(20-11-9-19-10-12-20)16-13-15(14(2)3)7-8-18(16)21-4;;/h7-8,13-14,17,19H,5-6,9-12H2,1-4H3;2*1H/t17-;;/m0../s1. The first kappa shape index (κ1) is 22.5. The predicted molar refractivity (Wildman–Crippen MR) is 104 cm³/mol. The summed E-state index contributed by atoms with van der Waals surface area (Å²) >= 11 is 0. The number of nitrogens with zero attached hydrogens (tertiary/aromatic N) is 1. The van der Waals surface area contributed by atoms with Gasteiger partial charge in [0.1, 0.15) is 5.75 Å². The maximum Gasteiger partial charge on any atom is 0.123 e. The van der Waals surface area contributed by atoms with Crippen molar-refractivity contribution in [1.29, 1.82) is 0 Å². The van der Waals surface area contributed by atoms with Crippen molar-refractivity contribution in [2.24, 2.45) is 0 Å². The van der Waals surface area contributed by atoms with E-state index < -0.39 is 0 Å². The molecule has 134 valence electrons. The van der Waals surface area contributed by atoms with Crippen LogP contribution < -0.4 is 10.1 Å². The molecule has 1 heterocycles. The molecule has 0 radical (unpaired) electrons. The van der Waals surface area contributed by atoms with Crippen LogP contribution in [0.2, 0.25) is 0 Å². The summed E-state index contributed by atoms with van der Waals surface area (Å²) in [5.41, 5.74) is 2.77. The highest BCUT2D eigenvalue weighted by molar-refractivity contribution is 5.85. The second-order valence-electron chi connectivity index (χ2n) is 6.25. The minimum atomic E-state index is 0. The molecule has 0 saturated carbocycles. The van der Waals surface area contributed by atoms with Crippen molar-refractivity contribution in [3.63, 3.8) is 0 Å². The molecule has 5 heteroatoms. The van der Waals surface area contributed by atoms with Crippen LogP contribution >= 0.6 is 24.8 Å². The van der Waals surface area contributed by atoms with Crippen LogP contribution in [0.25, 0.3) is 0 Å². The summed E-state index contributed by atoms with van der Waals surface area (Å²) in [6, 6.07) is 7.19. The van der Waals surface area contributed by atoms with E-state index in [4.69, 9.17) is 4.74 Å². The molecule has 1 N–H and O–H groups in total. The van der Waals surface area contributed by atoms with Crippen LogP contribution in [-0.2, 0) is 0 Å². The Morgan fingerprint density at radius 2 is 1.83 bits per heavy atom. The summed E-state index contributed by atoms with van der Waals surface area (Å²) < 4.78 is 5.66. The smallest absolute Gasteiger partial charge is 0.123 e. The Bertz CT molecular complexity index is 449. The van der Waals surface area contributed by atoms with Gasteiger partial charge in [-0.15, -0.1) is 24.8 Å². The number of methoxy groups -OCH3 is 1. The molecule has 0 spiro atoms. The molecule has 1 aromatic carbocycles. The zero-order valence-electron chi connectivity index (χ0n) is 14.8. The molecule has 3 nitrogen and oxygen atoms in total. The van der Waals surface area contributed by atoms with Crippen LogP contribution in [0.15, 0.2) is 18.2 Å². The Labute approximate surface area is 154 Å². The normalized spacial score (nSPS) is 16.4. The zero-order chi connectivity index (χ0) is 15.2. The van der Waals surface area contributed by atoms with Crippen LogP contribution in [0.3, 0.4) is 0 Å². The van der Waals surface area contributed by atoms with E-state index in [0.29, 0.717) is 12.0 Å². The van der Waals surface area contributed by atoms with Gasteiger partial charge in [-0.2, -0.15) is 0 Å². The molecule has 1 aliphatic heterocycles. The number of rotatable bonds is 6. The monoisotopic (exact) mass is 362 g/mol. The maximum atomic E-state index is 5.66. The third-order valence-electron chi connectivity index (χ3n) is 4.43. The van der Waals surface area contributed by atoms with Crippen molar-refractivity contribution in [2.75, 3.05) is 33.3 Å². The van der Waals surface area contributed by atoms with Gasteiger partial charge in [-0.1, -0.05) is 39.3 Å². The van der Waals surface area contributed by atoms with E-state index in [1.807, 2.05) is 0 Å². The van der Waals surface area contributed by atoms with E-state index in [1.165, 1.54) is 24.0 Å². The summed E-state index contributed by atoms with van der Waals surface area (Å²) in [6.45, 7) is 11.2. The van der Waals surface area contributed by atoms with E-state index in [0.717, 1.165) is 31.9 Å². The van der Waals surface area contributed by atoms with E-state index in [-0.39, 0.29) is 24.8 Å². The molecular weight excluding hydrogens is 331 g/mol. The van der Waals surface area contributed by atoms with Crippen LogP contribution in [0.5, 0.6) is 5.75 Å². The summed E-state index contributed by atoms with van der Waals surface area (Å²) in [5.74, 6) is 1.59. The van der Waals surface area contributed by atoms with Crippen LogP contribution in [0, 0.1) is 0 Å². The van der Waals surface area contributed by atoms with Crippen LogP contribution in [-0.4, -0.2) is 38.2 Å². The Balaban J connectivity index is 0.00000242. The molecular formula is C18H32Cl2N2O. The number of ether oxygens (including phenoxy) is 1.